The predicted octanol–water partition coefficient (Wildman–Crippen LogP) is 4.42. The molecule has 4 aromatic rings. The summed E-state index contributed by atoms with van der Waals surface area (Å²) in [6, 6.07) is 17.5. The topological polar surface area (TPSA) is 86.3 Å². The van der Waals surface area contributed by atoms with E-state index in [-0.39, 0.29) is 23.1 Å². The van der Waals surface area contributed by atoms with Gasteiger partial charge < -0.3 is 15.5 Å². The molecule has 0 bridgehead atoms. The molecule has 1 aliphatic heterocycles. The van der Waals surface area contributed by atoms with Crippen LogP contribution in [-0.2, 0) is 6.54 Å². The highest BCUT2D eigenvalue weighted by molar-refractivity contribution is 6.04. The van der Waals surface area contributed by atoms with Gasteiger partial charge in [-0.05, 0) is 61.1 Å². The molecule has 0 saturated carbocycles. The molecule has 1 amide bonds. The van der Waals surface area contributed by atoms with Gasteiger partial charge in [0.15, 0.2) is 0 Å². The number of nitrogens with one attached hydrogen (secondary N) is 2. The van der Waals surface area contributed by atoms with Crippen molar-refractivity contribution < 1.29 is 9.18 Å². The molecule has 0 unspecified atom stereocenters. The van der Waals surface area contributed by atoms with Crippen LogP contribution in [0.2, 0.25) is 0 Å². The number of aromatic nitrogens is 3. The summed E-state index contributed by atoms with van der Waals surface area (Å²) in [5.41, 5.74) is 3.69. The summed E-state index contributed by atoms with van der Waals surface area (Å²) < 4.78 is 14.9. The van der Waals surface area contributed by atoms with Gasteiger partial charge >= 0.3 is 0 Å². The fourth-order valence-electron chi connectivity index (χ4n) is 4.19. The van der Waals surface area contributed by atoms with E-state index in [4.69, 9.17) is 0 Å². The minimum absolute atomic E-state index is 0.175. The Morgan fingerprint density at radius 3 is 2.65 bits per heavy atom. The minimum atomic E-state index is -0.577. The van der Waals surface area contributed by atoms with E-state index in [0.29, 0.717) is 11.4 Å². The van der Waals surface area contributed by atoms with E-state index in [0.717, 1.165) is 43.9 Å². The van der Waals surface area contributed by atoms with Gasteiger partial charge in [-0.3, -0.25) is 14.7 Å². The largest absolute Gasteiger partial charge is 0.322 e. The number of rotatable bonds is 7. The summed E-state index contributed by atoms with van der Waals surface area (Å²) in [6.45, 7) is 4.97. The third kappa shape index (κ3) is 6.32. The summed E-state index contributed by atoms with van der Waals surface area (Å²) in [4.78, 5) is 30.3. The van der Waals surface area contributed by atoms with Crippen molar-refractivity contribution in [2.75, 3.05) is 43.9 Å². The molecule has 2 N–H and O–H groups in total. The van der Waals surface area contributed by atoms with E-state index >= 15 is 0 Å². The van der Waals surface area contributed by atoms with Crippen molar-refractivity contribution >= 4 is 23.2 Å². The molecule has 0 aliphatic carbocycles. The zero-order valence-corrected chi connectivity index (χ0v) is 20.6. The van der Waals surface area contributed by atoms with Crippen LogP contribution in [0.4, 0.5) is 21.7 Å². The maximum atomic E-state index is 14.9. The van der Waals surface area contributed by atoms with Crippen molar-refractivity contribution in [3.8, 4) is 11.3 Å². The van der Waals surface area contributed by atoms with Crippen molar-refractivity contribution in [3.05, 3.63) is 96.2 Å². The molecule has 9 heteroatoms. The molecule has 0 spiro atoms. The predicted molar refractivity (Wildman–Crippen MR) is 142 cm³/mol. The molecule has 1 aliphatic rings. The molecule has 5 rings (SSSR count). The van der Waals surface area contributed by atoms with Crippen LogP contribution in [0.1, 0.15) is 15.9 Å². The number of hydrogen-bond donors (Lipinski definition) is 2. The highest BCUT2D eigenvalue weighted by Gasteiger charge is 2.15. The smallest absolute Gasteiger partial charge is 0.255 e. The summed E-state index contributed by atoms with van der Waals surface area (Å²) in [7, 11) is 2.13. The van der Waals surface area contributed by atoms with Crippen LogP contribution in [-0.4, -0.2) is 63.9 Å². The monoisotopic (exact) mass is 497 g/mol. The van der Waals surface area contributed by atoms with Gasteiger partial charge in [0.05, 0.1) is 11.4 Å². The molecule has 188 valence electrons. The zero-order chi connectivity index (χ0) is 25.6. The standard InChI is InChI=1S/C28H28FN7O/c1-35-12-14-36(15-13-35)19-20-4-2-6-23(16-20)32-27(37)21-7-8-26(24(29)17-21)34-28-31-11-9-25(33-28)22-5-3-10-30-18-22/h2-11,16-18H,12-15,19H2,1H3,(H,32,37)(H,31,33,34). The highest BCUT2D eigenvalue weighted by Crippen LogP contribution is 2.22. The van der Waals surface area contributed by atoms with E-state index in [1.165, 1.54) is 12.1 Å². The number of halogens is 1. The van der Waals surface area contributed by atoms with Crippen molar-refractivity contribution in [1.82, 2.24) is 24.8 Å². The lowest BCUT2D eigenvalue weighted by Crippen LogP contribution is -2.43. The van der Waals surface area contributed by atoms with Gasteiger partial charge in [0.1, 0.15) is 5.82 Å². The van der Waals surface area contributed by atoms with E-state index < -0.39 is 5.82 Å². The van der Waals surface area contributed by atoms with Crippen molar-refractivity contribution in [2.24, 2.45) is 0 Å². The summed E-state index contributed by atoms with van der Waals surface area (Å²) in [6.07, 6.45) is 4.97. The Morgan fingerprint density at radius 2 is 1.86 bits per heavy atom. The van der Waals surface area contributed by atoms with Crippen LogP contribution in [0.25, 0.3) is 11.3 Å². The zero-order valence-electron chi connectivity index (χ0n) is 20.6. The number of benzene rings is 2. The number of carbonyl (C=O) groups is 1. The first-order chi connectivity index (χ1) is 18.0. The molecular formula is C28H28FN7O. The molecule has 0 atom stereocenters. The van der Waals surface area contributed by atoms with Crippen LogP contribution in [0, 0.1) is 5.82 Å². The molecule has 0 radical (unpaired) electrons. The summed E-state index contributed by atoms with van der Waals surface area (Å²) in [5.74, 6) is -0.710. The molecular weight excluding hydrogens is 469 g/mol. The fraction of sp³-hybridized carbons (Fsp3) is 0.214. The van der Waals surface area contributed by atoms with Gasteiger partial charge in [-0.2, -0.15) is 0 Å². The molecule has 2 aromatic heterocycles. The van der Waals surface area contributed by atoms with Crippen molar-refractivity contribution in [2.45, 2.75) is 6.54 Å². The molecule has 1 saturated heterocycles. The summed E-state index contributed by atoms with van der Waals surface area (Å²) in [5, 5.41) is 5.77. The molecule has 8 nitrogen and oxygen atoms in total. The second kappa shape index (κ2) is 11.2. The second-order valence-corrected chi connectivity index (χ2v) is 9.06. The Balaban J connectivity index is 1.23. The van der Waals surface area contributed by atoms with Crippen LogP contribution in [0.15, 0.2) is 79.3 Å². The van der Waals surface area contributed by atoms with Crippen molar-refractivity contribution in [3.63, 3.8) is 0 Å². The Morgan fingerprint density at radius 1 is 1.00 bits per heavy atom. The lowest BCUT2D eigenvalue weighted by Gasteiger charge is -2.32. The van der Waals surface area contributed by atoms with E-state index in [1.54, 1.807) is 30.7 Å². The maximum absolute atomic E-state index is 14.9. The third-order valence-electron chi connectivity index (χ3n) is 6.28. The minimum Gasteiger partial charge on any atom is -0.322 e. The number of amides is 1. The normalized spacial score (nSPS) is 14.3. The van der Waals surface area contributed by atoms with Gasteiger partial charge in [0, 0.05) is 68.1 Å². The van der Waals surface area contributed by atoms with Gasteiger partial charge in [-0.15, -0.1) is 0 Å². The molecule has 2 aromatic carbocycles. The van der Waals surface area contributed by atoms with Gasteiger partial charge in [-0.1, -0.05) is 12.1 Å². The number of pyridine rings is 1. The summed E-state index contributed by atoms with van der Waals surface area (Å²) >= 11 is 0. The van der Waals surface area contributed by atoms with Crippen LogP contribution >= 0.6 is 0 Å². The fourth-order valence-corrected chi connectivity index (χ4v) is 4.19. The Kier molecular flexibility index (Phi) is 7.43. The SMILES string of the molecule is CN1CCN(Cc2cccc(NC(=O)c3ccc(Nc4nccc(-c5cccnc5)n4)c(F)c3)c2)CC1. The first-order valence-corrected chi connectivity index (χ1v) is 12.1. The lowest BCUT2D eigenvalue weighted by molar-refractivity contribution is 0.102. The van der Waals surface area contributed by atoms with Gasteiger partial charge in [0.2, 0.25) is 5.95 Å². The number of anilines is 3. The Bertz CT molecular complexity index is 1370. The highest BCUT2D eigenvalue weighted by atomic mass is 19.1. The molecule has 3 heterocycles. The average molecular weight is 498 g/mol. The number of likely N-dealkylation sites (N-methyl/N-ethyl adjacent to an activating group) is 1. The van der Waals surface area contributed by atoms with Gasteiger partial charge in [0.25, 0.3) is 5.91 Å². The first-order valence-electron chi connectivity index (χ1n) is 12.1. The van der Waals surface area contributed by atoms with E-state index in [1.807, 2.05) is 30.3 Å². The quantitative estimate of drug-likeness (QED) is 0.391. The van der Waals surface area contributed by atoms with Crippen LogP contribution in [0.3, 0.4) is 0 Å². The molecule has 1 fully saturated rings. The van der Waals surface area contributed by atoms with E-state index in [2.05, 4.69) is 48.5 Å². The first kappa shape index (κ1) is 24.5. The van der Waals surface area contributed by atoms with E-state index in [9.17, 15) is 9.18 Å². The number of carbonyl (C=O) groups excluding carboxylic acids is 1. The number of nitrogens with zero attached hydrogens (tertiary/aromatic N) is 5. The number of hydrogen-bond acceptors (Lipinski definition) is 7. The van der Waals surface area contributed by atoms with Crippen molar-refractivity contribution in [1.29, 1.82) is 0 Å². The second-order valence-electron chi connectivity index (χ2n) is 9.06. The third-order valence-corrected chi connectivity index (χ3v) is 6.28. The average Bonchev–Trinajstić information content (AvgIpc) is 2.92. The van der Waals surface area contributed by atoms with Gasteiger partial charge in [-0.25, -0.2) is 14.4 Å². The van der Waals surface area contributed by atoms with Crippen LogP contribution in [0.5, 0.6) is 0 Å². The van der Waals surface area contributed by atoms with Crippen LogP contribution < -0.4 is 10.6 Å². The Labute approximate surface area is 215 Å². The Hall–Kier alpha value is -4.21. The number of piperazine rings is 1. The lowest BCUT2D eigenvalue weighted by atomic mass is 10.1. The maximum Gasteiger partial charge on any atom is 0.255 e. The molecule has 37 heavy (non-hydrogen) atoms.